The third-order valence-electron chi connectivity index (χ3n) is 4.59. The summed E-state index contributed by atoms with van der Waals surface area (Å²) in [5.41, 5.74) is 1.04. The van der Waals surface area contributed by atoms with E-state index in [1.54, 1.807) is 0 Å². The molecule has 1 aromatic rings. The van der Waals surface area contributed by atoms with E-state index in [4.69, 9.17) is 9.47 Å². The number of amides is 1. The molecule has 1 atom stereocenters. The predicted molar refractivity (Wildman–Crippen MR) is 88.6 cm³/mol. The second kappa shape index (κ2) is 7.68. The third kappa shape index (κ3) is 4.38. The number of benzene rings is 1. The molecule has 2 heterocycles. The molecule has 0 radical (unpaired) electrons. The lowest BCUT2D eigenvalue weighted by Crippen LogP contribution is -2.39. The Balaban J connectivity index is 1.52. The van der Waals surface area contributed by atoms with Gasteiger partial charge in [-0.1, -0.05) is 25.3 Å². The molecular weight excluding hydrogens is 292 g/mol. The second-order valence-electron chi connectivity index (χ2n) is 6.45. The Kier molecular flexibility index (Phi) is 5.39. The molecule has 2 aliphatic heterocycles. The molecular formula is C18H26N2O3. The van der Waals surface area contributed by atoms with Gasteiger partial charge in [-0.15, -0.1) is 0 Å². The van der Waals surface area contributed by atoms with Gasteiger partial charge in [0, 0.05) is 0 Å². The zero-order valence-electron chi connectivity index (χ0n) is 13.8. The monoisotopic (exact) mass is 318 g/mol. The van der Waals surface area contributed by atoms with Crippen molar-refractivity contribution < 1.29 is 14.3 Å². The highest BCUT2D eigenvalue weighted by molar-refractivity contribution is 5.78. The molecule has 0 unspecified atom stereocenters. The van der Waals surface area contributed by atoms with Crippen LogP contribution < -0.4 is 14.8 Å². The maximum Gasteiger partial charge on any atom is 0.234 e. The van der Waals surface area contributed by atoms with E-state index < -0.39 is 0 Å². The first kappa shape index (κ1) is 16.1. The molecule has 5 heteroatoms. The number of rotatable bonds is 4. The van der Waals surface area contributed by atoms with Crippen molar-refractivity contribution in [2.24, 2.45) is 0 Å². The highest BCUT2D eigenvalue weighted by Gasteiger charge is 2.18. The molecule has 1 aromatic carbocycles. The fourth-order valence-electron chi connectivity index (χ4n) is 3.23. The van der Waals surface area contributed by atoms with Crippen molar-refractivity contribution in [3.63, 3.8) is 0 Å². The molecule has 0 spiro atoms. The highest BCUT2D eigenvalue weighted by Crippen LogP contribution is 2.34. The fourth-order valence-corrected chi connectivity index (χ4v) is 3.23. The van der Waals surface area contributed by atoms with Crippen LogP contribution in [0.15, 0.2) is 18.2 Å². The minimum Gasteiger partial charge on any atom is -0.454 e. The van der Waals surface area contributed by atoms with Gasteiger partial charge in [-0.05, 0) is 50.6 Å². The van der Waals surface area contributed by atoms with Crippen molar-refractivity contribution in [2.45, 2.75) is 45.1 Å². The largest absolute Gasteiger partial charge is 0.454 e. The first-order valence-corrected chi connectivity index (χ1v) is 8.63. The number of hydrogen-bond donors (Lipinski definition) is 1. The van der Waals surface area contributed by atoms with Crippen LogP contribution in [0, 0.1) is 0 Å². The van der Waals surface area contributed by atoms with Crippen LogP contribution in [0.1, 0.15) is 50.6 Å². The average Bonchev–Trinajstić information content (AvgIpc) is 2.97. The Hall–Kier alpha value is -1.75. The summed E-state index contributed by atoms with van der Waals surface area (Å²) in [6.07, 6.45) is 6.30. The maximum absolute atomic E-state index is 12.3. The number of carbonyl (C=O) groups excluding carboxylic acids is 1. The Bertz CT molecular complexity index is 539. The van der Waals surface area contributed by atoms with Gasteiger partial charge in [0.25, 0.3) is 0 Å². The van der Waals surface area contributed by atoms with Gasteiger partial charge in [-0.3, -0.25) is 9.69 Å². The molecule has 0 aromatic heterocycles. The van der Waals surface area contributed by atoms with Crippen LogP contribution in [0.25, 0.3) is 0 Å². The molecule has 1 N–H and O–H groups in total. The van der Waals surface area contributed by atoms with Crippen molar-refractivity contribution in [3.05, 3.63) is 23.8 Å². The fraction of sp³-hybridized carbons (Fsp3) is 0.611. The number of nitrogens with zero attached hydrogens (tertiary/aromatic N) is 1. The molecule has 126 valence electrons. The van der Waals surface area contributed by atoms with Crippen molar-refractivity contribution in [1.29, 1.82) is 0 Å². The average molecular weight is 318 g/mol. The van der Waals surface area contributed by atoms with Crippen LogP contribution in [0.5, 0.6) is 11.5 Å². The van der Waals surface area contributed by atoms with Gasteiger partial charge in [-0.2, -0.15) is 0 Å². The molecule has 23 heavy (non-hydrogen) atoms. The van der Waals surface area contributed by atoms with Gasteiger partial charge in [0.2, 0.25) is 12.7 Å². The number of likely N-dealkylation sites (tertiary alicyclic amines) is 1. The van der Waals surface area contributed by atoms with Crippen molar-refractivity contribution >= 4 is 5.91 Å². The van der Waals surface area contributed by atoms with E-state index >= 15 is 0 Å². The van der Waals surface area contributed by atoms with E-state index in [1.807, 2.05) is 25.1 Å². The lowest BCUT2D eigenvalue weighted by molar-refractivity contribution is -0.123. The summed E-state index contributed by atoms with van der Waals surface area (Å²) in [6.45, 7) is 4.84. The van der Waals surface area contributed by atoms with Crippen molar-refractivity contribution in [2.75, 3.05) is 26.4 Å². The topological polar surface area (TPSA) is 50.8 Å². The van der Waals surface area contributed by atoms with E-state index in [0.29, 0.717) is 6.54 Å². The van der Waals surface area contributed by atoms with Crippen molar-refractivity contribution in [3.8, 4) is 11.5 Å². The Morgan fingerprint density at radius 3 is 2.61 bits per heavy atom. The third-order valence-corrected chi connectivity index (χ3v) is 4.59. The minimum absolute atomic E-state index is 0.0354. The molecule has 0 bridgehead atoms. The van der Waals surface area contributed by atoms with Gasteiger partial charge >= 0.3 is 0 Å². The molecule has 0 aliphatic carbocycles. The summed E-state index contributed by atoms with van der Waals surface area (Å²) >= 11 is 0. The molecule has 1 saturated heterocycles. The van der Waals surface area contributed by atoms with E-state index in [-0.39, 0.29) is 18.7 Å². The van der Waals surface area contributed by atoms with Crippen LogP contribution in [0.3, 0.4) is 0 Å². The first-order chi connectivity index (χ1) is 11.2. The smallest absolute Gasteiger partial charge is 0.234 e. The van der Waals surface area contributed by atoms with Crippen LogP contribution in [0.2, 0.25) is 0 Å². The normalized spacial score (nSPS) is 19.7. The summed E-state index contributed by atoms with van der Waals surface area (Å²) < 4.78 is 10.7. The van der Waals surface area contributed by atoms with Crippen LogP contribution >= 0.6 is 0 Å². The van der Waals surface area contributed by atoms with E-state index in [9.17, 15) is 4.79 Å². The van der Waals surface area contributed by atoms with Gasteiger partial charge in [0.05, 0.1) is 12.6 Å². The maximum atomic E-state index is 12.3. The Morgan fingerprint density at radius 1 is 1.13 bits per heavy atom. The first-order valence-electron chi connectivity index (χ1n) is 8.63. The number of fused-ring (bicyclic) bond motifs is 1. The number of ether oxygens (including phenoxy) is 2. The van der Waals surface area contributed by atoms with Crippen LogP contribution in [-0.2, 0) is 4.79 Å². The van der Waals surface area contributed by atoms with Gasteiger partial charge < -0.3 is 14.8 Å². The molecule has 0 saturated carbocycles. The summed E-state index contributed by atoms with van der Waals surface area (Å²) in [5, 5.41) is 3.09. The lowest BCUT2D eigenvalue weighted by Gasteiger charge is -2.24. The zero-order valence-corrected chi connectivity index (χ0v) is 13.8. The highest BCUT2D eigenvalue weighted by atomic mass is 16.7. The molecule has 1 fully saturated rings. The second-order valence-corrected chi connectivity index (χ2v) is 6.45. The quantitative estimate of drug-likeness (QED) is 0.927. The summed E-state index contributed by atoms with van der Waals surface area (Å²) in [6, 6.07) is 5.79. The van der Waals surface area contributed by atoms with Gasteiger partial charge in [-0.25, -0.2) is 0 Å². The number of carbonyl (C=O) groups is 1. The van der Waals surface area contributed by atoms with Gasteiger partial charge in [0.15, 0.2) is 11.5 Å². The molecule has 1 amide bonds. The molecule has 3 rings (SSSR count). The molecule has 2 aliphatic rings. The van der Waals surface area contributed by atoms with Crippen molar-refractivity contribution in [1.82, 2.24) is 10.2 Å². The number of nitrogens with one attached hydrogen (secondary N) is 1. The zero-order chi connectivity index (χ0) is 16.1. The van der Waals surface area contributed by atoms with Gasteiger partial charge in [0.1, 0.15) is 0 Å². The SMILES string of the molecule is C[C@H](NC(=O)CN1CCCCCCC1)c1ccc2c(c1)OCO2. The standard InChI is InChI=1S/C18H26N2O3/c1-14(15-7-8-16-17(11-15)23-13-22-16)19-18(21)12-20-9-5-3-2-4-6-10-20/h7-8,11,14H,2-6,9-10,12-13H2,1H3,(H,19,21)/t14-/m0/s1. The van der Waals surface area contributed by atoms with Crippen LogP contribution in [-0.4, -0.2) is 37.2 Å². The Labute approximate surface area is 137 Å². The van der Waals surface area contributed by atoms with E-state index in [0.717, 1.165) is 30.2 Å². The summed E-state index contributed by atoms with van der Waals surface area (Å²) in [7, 11) is 0. The summed E-state index contributed by atoms with van der Waals surface area (Å²) in [4.78, 5) is 14.6. The molecule has 5 nitrogen and oxygen atoms in total. The summed E-state index contributed by atoms with van der Waals surface area (Å²) in [5.74, 6) is 1.62. The van der Waals surface area contributed by atoms with Crippen LogP contribution in [0.4, 0.5) is 0 Å². The van der Waals surface area contributed by atoms with E-state index in [2.05, 4.69) is 10.2 Å². The predicted octanol–water partition coefficient (Wildman–Crippen LogP) is 2.86. The lowest BCUT2D eigenvalue weighted by atomic mass is 10.1. The number of hydrogen-bond acceptors (Lipinski definition) is 4. The minimum atomic E-state index is -0.0354. The Morgan fingerprint density at radius 2 is 1.83 bits per heavy atom. The van der Waals surface area contributed by atoms with E-state index in [1.165, 1.54) is 32.1 Å².